The molecule has 15 heavy (non-hydrogen) atoms. The number of hydrogen-bond acceptors (Lipinski definition) is 3. The second kappa shape index (κ2) is 4.84. The van der Waals surface area contributed by atoms with Gasteiger partial charge in [-0.1, -0.05) is 6.92 Å². The minimum atomic E-state index is -0.553. The molecule has 0 aliphatic rings. The molecule has 4 nitrogen and oxygen atoms in total. The lowest BCUT2D eigenvalue weighted by Gasteiger charge is -2.15. The minimum absolute atomic E-state index is 0.127. The summed E-state index contributed by atoms with van der Waals surface area (Å²) in [7, 11) is 0. The first-order valence-corrected chi connectivity index (χ1v) is 4.68. The molecule has 0 bridgehead atoms. The average molecular weight is 211 g/mol. The van der Waals surface area contributed by atoms with Gasteiger partial charge >= 0.3 is 0 Å². The number of anilines is 1. The summed E-state index contributed by atoms with van der Waals surface area (Å²) in [5.41, 5.74) is 5.69. The molecule has 0 fully saturated rings. The third kappa shape index (κ3) is 2.99. The van der Waals surface area contributed by atoms with Crippen molar-refractivity contribution in [2.24, 2.45) is 11.7 Å². The molecule has 1 aromatic heterocycles. The molecule has 2 unspecified atom stereocenters. The number of hydrogen-bond donors (Lipinski definition) is 2. The molecule has 3 N–H and O–H groups in total. The summed E-state index contributed by atoms with van der Waals surface area (Å²) >= 11 is 0. The van der Waals surface area contributed by atoms with Gasteiger partial charge in [0, 0.05) is 12.2 Å². The zero-order valence-corrected chi connectivity index (χ0v) is 8.70. The number of carbonyl (C=O) groups is 1. The van der Waals surface area contributed by atoms with Gasteiger partial charge in [-0.15, -0.1) is 0 Å². The number of nitrogens with two attached hydrogens (primary N) is 1. The van der Waals surface area contributed by atoms with Crippen molar-refractivity contribution in [1.29, 1.82) is 0 Å². The van der Waals surface area contributed by atoms with Crippen LogP contribution in [0.25, 0.3) is 0 Å². The fourth-order valence-corrected chi connectivity index (χ4v) is 0.962. The maximum Gasteiger partial charge on any atom is 0.228 e. The van der Waals surface area contributed by atoms with Gasteiger partial charge in [-0.3, -0.25) is 9.78 Å². The molecule has 0 spiro atoms. The van der Waals surface area contributed by atoms with Gasteiger partial charge < -0.3 is 11.1 Å². The Morgan fingerprint density at radius 1 is 1.60 bits per heavy atom. The van der Waals surface area contributed by atoms with Gasteiger partial charge in [-0.25, -0.2) is 4.39 Å². The van der Waals surface area contributed by atoms with E-state index in [1.807, 2.05) is 0 Å². The normalized spacial score (nSPS) is 14.4. The molecule has 82 valence electrons. The number of pyridine rings is 1. The van der Waals surface area contributed by atoms with Crippen LogP contribution in [0.3, 0.4) is 0 Å². The number of amides is 1. The highest BCUT2D eigenvalue weighted by Crippen LogP contribution is 2.12. The molecular formula is C10H14FN3O. The van der Waals surface area contributed by atoms with E-state index in [9.17, 15) is 9.18 Å². The molecule has 0 saturated heterocycles. The van der Waals surface area contributed by atoms with Crippen LogP contribution in [0.15, 0.2) is 18.5 Å². The summed E-state index contributed by atoms with van der Waals surface area (Å²) in [4.78, 5) is 15.1. The molecule has 1 heterocycles. The van der Waals surface area contributed by atoms with Gasteiger partial charge in [0.25, 0.3) is 0 Å². The van der Waals surface area contributed by atoms with Crippen LogP contribution in [0.2, 0.25) is 0 Å². The van der Waals surface area contributed by atoms with E-state index >= 15 is 0 Å². The van der Waals surface area contributed by atoms with E-state index in [1.54, 1.807) is 13.8 Å². The van der Waals surface area contributed by atoms with Crippen molar-refractivity contribution < 1.29 is 9.18 Å². The lowest BCUT2D eigenvalue weighted by molar-refractivity contribution is -0.119. The molecular weight excluding hydrogens is 197 g/mol. The lowest BCUT2D eigenvalue weighted by atomic mass is 10.0. The fraction of sp³-hybridized carbons (Fsp3) is 0.400. The molecule has 5 heteroatoms. The van der Waals surface area contributed by atoms with Crippen molar-refractivity contribution in [3.8, 4) is 0 Å². The van der Waals surface area contributed by atoms with Crippen LogP contribution in [-0.2, 0) is 4.79 Å². The van der Waals surface area contributed by atoms with E-state index < -0.39 is 5.82 Å². The molecule has 0 saturated carbocycles. The average Bonchev–Trinajstić information content (AvgIpc) is 2.20. The Morgan fingerprint density at radius 3 is 2.80 bits per heavy atom. The molecule has 1 aromatic rings. The van der Waals surface area contributed by atoms with Crippen molar-refractivity contribution in [3.63, 3.8) is 0 Å². The molecule has 1 rings (SSSR count). The summed E-state index contributed by atoms with van der Waals surface area (Å²) in [5, 5.41) is 2.46. The van der Waals surface area contributed by atoms with E-state index in [0.717, 1.165) is 6.20 Å². The Hall–Kier alpha value is -1.49. The van der Waals surface area contributed by atoms with Gasteiger partial charge in [0.15, 0.2) is 5.82 Å². The number of nitrogens with one attached hydrogen (secondary N) is 1. The summed E-state index contributed by atoms with van der Waals surface area (Å²) in [5.74, 6) is -1.21. The highest BCUT2D eigenvalue weighted by Gasteiger charge is 2.17. The van der Waals surface area contributed by atoms with Crippen LogP contribution >= 0.6 is 0 Å². The minimum Gasteiger partial charge on any atom is -0.327 e. The summed E-state index contributed by atoms with van der Waals surface area (Å²) < 4.78 is 13.1. The fourth-order valence-electron chi connectivity index (χ4n) is 0.962. The van der Waals surface area contributed by atoms with Gasteiger partial charge in [-0.05, 0) is 13.0 Å². The largest absolute Gasteiger partial charge is 0.327 e. The van der Waals surface area contributed by atoms with E-state index in [0.29, 0.717) is 0 Å². The predicted molar refractivity (Wildman–Crippen MR) is 55.6 cm³/mol. The van der Waals surface area contributed by atoms with Crippen molar-refractivity contribution in [2.45, 2.75) is 19.9 Å². The lowest BCUT2D eigenvalue weighted by Crippen LogP contribution is -2.34. The Labute approximate surface area is 87.7 Å². The first-order chi connectivity index (χ1) is 7.02. The molecule has 1 amide bonds. The Morgan fingerprint density at radius 2 is 2.27 bits per heavy atom. The Kier molecular flexibility index (Phi) is 3.74. The van der Waals surface area contributed by atoms with Crippen molar-refractivity contribution in [1.82, 2.24) is 4.98 Å². The van der Waals surface area contributed by atoms with Crippen LogP contribution in [-0.4, -0.2) is 16.9 Å². The number of carbonyl (C=O) groups excluding carboxylic acids is 1. The first kappa shape index (κ1) is 11.6. The number of rotatable bonds is 3. The monoisotopic (exact) mass is 211 g/mol. The maximum atomic E-state index is 13.1. The predicted octanol–water partition coefficient (Wildman–Crippen LogP) is 1.14. The summed E-state index contributed by atoms with van der Waals surface area (Å²) in [6, 6.07) is 1.14. The third-order valence-electron chi connectivity index (χ3n) is 2.23. The van der Waals surface area contributed by atoms with Crippen molar-refractivity contribution >= 4 is 11.6 Å². The molecule has 0 aliphatic heterocycles. The van der Waals surface area contributed by atoms with E-state index in [1.165, 1.54) is 12.3 Å². The highest BCUT2D eigenvalue weighted by atomic mass is 19.1. The Bertz CT molecular complexity index is 354. The first-order valence-electron chi connectivity index (χ1n) is 4.68. The van der Waals surface area contributed by atoms with Gasteiger partial charge in [0.2, 0.25) is 5.91 Å². The quantitative estimate of drug-likeness (QED) is 0.787. The molecule has 0 aromatic carbocycles. The van der Waals surface area contributed by atoms with E-state index in [4.69, 9.17) is 5.73 Å². The topological polar surface area (TPSA) is 68.0 Å². The summed E-state index contributed by atoms with van der Waals surface area (Å²) in [6.45, 7) is 3.42. The van der Waals surface area contributed by atoms with Crippen LogP contribution in [0.5, 0.6) is 0 Å². The second-order valence-corrected chi connectivity index (χ2v) is 3.49. The van der Waals surface area contributed by atoms with Crippen LogP contribution in [0.1, 0.15) is 13.8 Å². The number of halogens is 1. The highest BCUT2D eigenvalue weighted by molar-refractivity contribution is 5.92. The van der Waals surface area contributed by atoms with Crippen LogP contribution in [0.4, 0.5) is 10.1 Å². The van der Waals surface area contributed by atoms with Crippen molar-refractivity contribution in [3.05, 3.63) is 24.3 Å². The SMILES string of the molecule is CC(N)C(C)C(=O)Nc1ccncc1F. The maximum absolute atomic E-state index is 13.1. The van der Waals surface area contributed by atoms with E-state index in [2.05, 4.69) is 10.3 Å². The van der Waals surface area contributed by atoms with Gasteiger partial charge in [0.05, 0.1) is 17.8 Å². The van der Waals surface area contributed by atoms with Crippen LogP contribution < -0.4 is 11.1 Å². The van der Waals surface area contributed by atoms with Gasteiger partial charge in [0.1, 0.15) is 0 Å². The number of nitrogens with zero attached hydrogens (tertiary/aromatic N) is 1. The summed E-state index contributed by atoms with van der Waals surface area (Å²) in [6.07, 6.45) is 2.46. The van der Waals surface area contributed by atoms with Gasteiger partial charge in [-0.2, -0.15) is 0 Å². The second-order valence-electron chi connectivity index (χ2n) is 3.49. The molecule has 2 atom stereocenters. The van der Waals surface area contributed by atoms with E-state index in [-0.39, 0.29) is 23.6 Å². The van der Waals surface area contributed by atoms with Crippen molar-refractivity contribution in [2.75, 3.05) is 5.32 Å². The smallest absolute Gasteiger partial charge is 0.228 e. The zero-order chi connectivity index (χ0) is 11.4. The molecule has 0 aliphatic carbocycles. The van der Waals surface area contributed by atoms with Crippen LogP contribution in [0, 0.1) is 11.7 Å². The standard InChI is InChI=1S/C10H14FN3O/c1-6(7(2)12)10(15)14-9-3-4-13-5-8(9)11/h3-7H,12H2,1-2H3,(H,13,14,15). The third-order valence-corrected chi connectivity index (χ3v) is 2.23. The Balaban J connectivity index is 2.71. The zero-order valence-electron chi connectivity index (χ0n) is 8.70. The molecule has 0 radical (unpaired) electrons. The number of aromatic nitrogens is 1.